The third kappa shape index (κ3) is 8.67. The highest BCUT2D eigenvalue weighted by molar-refractivity contribution is 4.82. The van der Waals surface area contributed by atoms with Gasteiger partial charge in [0.05, 0.1) is 12.7 Å². The van der Waals surface area contributed by atoms with Gasteiger partial charge in [-0.2, -0.15) is 0 Å². The van der Waals surface area contributed by atoms with Crippen molar-refractivity contribution in [1.29, 1.82) is 0 Å². The molecule has 7 heteroatoms. The second-order valence-electron chi connectivity index (χ2n) is 5.45. The second-order valence-corrected chi connectivity index (χ2v) is 5.45. The van der Waals surface area contributed by atoms with Crippen LogP contribution in [0.4, 0.5) is 0 Å². The van der Waals surface area contributed by atoms with Crippen molar-refractivity contribution in [3.8, 4) is 0 Å². The maximum atomic E-state index is 9.95. The zero-order valence-corrected chi connectivity index (χ0v) is 12.9. The van der Waals surface area contributed by atoms with E-state index in [1.54, 1.807) is 0 Å². The summed E-state index contributed by atoms with van der Waals surface area (Å²) in [5.41, 5.74) is 5.53. The van der Waals surface area contributed by atoms with E-state index in [9.17, 15) is 20.4 Å². The predicted molar refractivity (Wildman–Crippen MR) is 80.7 cm³/mol. The first kappa shape index (κ1) is 20.7. The zero-order valence-electron chi connectivity index (χ0n) is 12.9. The van der Waals surface area contributed by atoms with Crippen LogP contribution in [0.25, 0.3) is 0 Å². The van der Waals surface area contributed by atoms with Gasteiger partial charge in [-0.1, -0.05) is 26.2 Å². The van der Waals surface area contributed by atoms with Crippen LogP contribution in [-0.2, 0) is 0 Å². The summed E-state index contributed by atoms with van der Waals surface area (Å²) in [4.78, 5) is 1.93. The minimum absolute atomic E-state index is 0.166. The third-order valence-electron chi connectivity index (χ3n) is 3.54. The van der Waals surface area contributed by atoms with Crippen molar-refractivity contribution in [2.24, 2.45) is 5.73 Å². The first-order chi connectivity index (χ1) is 9.97. The normalized spacial score (nSPS) is 17.7. The van der Waals surface area contributed by atoms with Gasteiger partial charge < -0.3 is 31.3 Å². The highest BCUT2D eigenvalue weighted by Crippen LogP contribution is 2.08. The molecule has 7 nitrogen and oxygen atoms in total. The van der Waals surface area contributed by atoms with E-state index in [2.05, 4.69) is 6.92 Å². The predicted octanol–water partition coefficient (Wildman–Crippen LogP) is -1.74. The maximum absolute atomic E-state index is 9.95. The molecule has 0 aromatic heterocycles. The number of nitrogens with two attached hydrogens (primary N) is 1. The Morgan fingerprint density at radius 3 is 2.05 bits per heavy atom. The molecule has 0 saturated heterocycles. The Labute approximate surface area is 127 Å². The summed E-state index contributed by atoms with van der Waals surface area (Å²) in [5, 5.41) is 47.3. The van der Waals surface area contributed by atoms with Gasteiger partial charge >= 0.3 is 0 Å². The minimum atomic E-state index is -1.58. The molecule has 0 aromatic rings. The summed E-state index contributed by atoms with van der Waals surface area (Å²) in [6.45, 7) is 3.42. The van der Waals surface area contributed by atoms with Crippen molar-refractivity contribution in [3.63, 3.8) is 0 Å². The number of aliphatic hydroxyl groups is 5. The van der Waals surface area contributed by atoms with E-state index in [1.807, 2.05) is 4.90 Å². The average Bonchev–Trinajstić information content (AvgIpc) is 2.49. The van der Waals surface area contributed by atoms with Gasteiger partial charge in [0.15, 0.2) is 0 Å². The molecule has 0 bridgehead atoms. The zero-order chi connectivity index (χ0) is 16.3. The van der Waals surface area contributed by atoms with E-state index in [0.29, 0.717) is 13.1 Å². The number of hydrogen-bond donors (Lipinski definition) is 6. The molecule has 7 N–H and O–H groups in total. The molecular weight excluding hydrogens is 276 g/mol. The summed E-state index contributed by atoms with van der Waals surface area (Å²) in [5.74, 6) is 0. The van der Waals surface area contributed by atoms with Crippen molar-refractivity contribution in [2.75, 3.05) is 32.8 Å². The number of hydrogen-bond acceptors (Lipinski definition) is 7. The van der Waals surface area contributed by atoms with E-state index in [0.717, 1.165) is 32.2 Å². The van der Waals surface area contributed by atoms with Crippen molar-refractivity contribution in [1.82, 2.24) is 4.90 Å². The van der Waals surface area contributed by atoms with Gasteiger partial charge in [0.1, 0.15) is 18.3 Å². The fraction of sp³-hybridized carbons (Fsp3) is 1.00. The van der Waals surface area contributed by atoms with Gasteiger partial charge in [-0.25, -0.2) is 0 Å². The fourth-order valence-electron chi connectivity index (χ4n) is 2.17. The van der Waals surface area contributed by atoms with Crippen LogP contribution in [0.2, 0.25) is 0 Å². The quantitative estimate of drug-likeness (QED) is 0.223. The molecule has 4 atom stereocenters. The highest BCUT2D eigenvalue weighted by Gasteiger charge is 2.30. The Morgan fingerprint density at radius 1 is 0.905 bits per heavy atom. The van der Waals surface area contributed by atoms with Gasteiger partial charge in [-0.05, 0) is 13.0 Å². The van der Waals surface area contributed by atoms with Crippen LogP contribution in [0, 0.1) is 0 Å². The molecule has 0 heterocycles. The van der Waals surface area contributed by atoms with Crippen molar-refractivity contribution >= 4 is 0 Å². The van der Waals surface area contributed by atoms with Crippen LogP contribution in [-0.4, -0.2) is 87.6 Å². The van der Waals surface area contributed by atoms with Crippen LogP contribution in [0.5, 0.6) is 0 Å². The first-order valence-electron chi connectivity index (χ1n) is 7.73. The summed E-state index contributed by atoms with van der Waals surface area (Å²) in [7, 11) is 0. The van der Waals surface area contributed by atoms with Crippen LogP contribution in [0.3, 0.4) is 0 Å². The lowest BCUT2D eigenvalue weighted by Crippen LogP contribution is -2.50. The molecule has 21 heavy (non-hydrogen) atoms. The molecule has 0 spiro atoms. The number of unbranched alkanes of at least 4 members (excludes halogenated alkanes) is 3. The Morgan fingerprint density at radius 2 is 1.52 bits per heavy atom. The average molecular weight is 308 g/mol. The third-order valence-corrected chi connectivity index (χ3v) is 3.54. The lowest BCUT2D eigenvalue weighted by atomic mass is 10.0. The number of aliphatic hydroxyl groups excluding tert-OH is 5. The first-order valence-corrected chi connectivity index (χ1v) is 7.73. The standard InChI is InChI=1S/C14H32N2O5/c1-2-3-4-5-7-16(8-6-15)9-11(18)13(20)14(21)12(19)10-17/h11-14,17-21H,2-10,15H2,1H3/t11-,12-,13-,14-/m1/s1. The van der Waals surface area contributed by atoms with E-state index in [-0.39, 0.29) is 6.54 Å². The van der Waals surface area contributed by atoms with Crippen LogP contribution in [0.1, 0.15) is 32.6 Å². The van der Waals surface area contributed by atoms with Gasteiger partial charge in [0.2, 0.25) is 0 Å². The summed E-state index contributed by atoms with van der Waals surface area (Å²) in [6, 6.07) is 0. The number of rotatable bonds is 13. The summed E-state index contributed by atoms with van der Waals surface area (Å²) in [6.07, 6.45) is -1.39. The van der Waals surface area contributed by atoms with Crippen molar-refractivity contribution < 1.29 is 25.5 Å². The largest absolute Gasteiger partial charge is 0.394 e. The molecule has 0 aliphatic carbocycles. The lowest BCUT2D eigenvalue weighted by molar-refractivity contribution is -0.119. The summed E-state index contributed by atoms with van der Waals surface area (Å²) < 4.78 is 0. The monoisotopic (exact) mass is 308 g/mol. The van der Waals surface area contributed by atoms with Crippen molar-refractivity contribution in [2.45, 2.75) is 57.0 Å². The molecule has 128 valence electrons. The fourth-order valence-corrected chi connectivity index (χ4v) is 2.17. The molecule has 0 amide bonds. The summed E-state index contributed by atoms with van der Waals surface area (Å²) >= 11 is 0. The van der Waals surface area contributed by atoms with Gasteiger partial charge in [0, 0.05) is 19.6 Å². The maximum Gasteiger partial charge on any atom is 0.111 e. The van der Waals surface area contributed by atoms with Crippen LogP contribution < -0.4 is 5.73 Å². The molecule has 0 fully saturated rings. The Kier molecular flexibility index (Phi) is 12.1. The Bertz CT molecular complexity index is 245. The van der Waals surface area contributed by atoms with E-state index in [1.165, 1.54) is 0 Å². The van der Waals surface area contributed by atoms with E-state index >= 15 is 0 Å². The molecule has 0 aliphatic heterocycles. The van der Waals surface area contributed by atoms with E-state index in [4.69, 9.17) is 10.8 Å². The van der Waals surface area contributed by atoms with Gasteiger partial charge in [-0.15, -0.1) is 0 Å². The topological polar surface area (TPSA) is 130 Å². The van der Waals surface area contributed by atoms with Crippen molar-refractivity contribution in [3.05, 3.63) is 0 Å². The molecule has 0 rings (SSSR count). The lowest BCUT2D eigenvalue weighted by Gasteiger charge is -2.30. The van der Waals surface area contributed by atoms with Gasteiger partial charge in [-0.3, -0.25) is 4.90 Å². The molecule has 0 aliphatic rings. The molecular formula is C14H32N2O5. The molecule has 0 aromatic carbocycles. The molecule has 0 saturated carbocycles. The smallest absolute Gasteiger partial charge is 0.111 e. The van der Waals surface area contributed by atoms with Crippen LogP contribution in [0.15, 0.2) is 0 Å². The molecule has 0 unspecified atom stereocenters. The second kappa shape index (κ2) is 12.3. The number of nitrogens with zero attached hydrogens (tertiary/aromatic N) is 1. The Balaban J connectivity index is 4.27. The Hall–Kier alpha value is -0.280. The van der Waals surface area contributed by atoms with E-state index < -0.39 is 31.0 Å². The minimum Gasteiger partial charge on any atom is -0.394 e. The SMILES string of the molecule is CCCCCCN(CCN)C[C@@H](O)[C@@H](O)[C@H](O)[C@H](O)CO. The molecule has 0 radical (unpaired) electrons. The van der Waals surface area contributed by atoms with Crippen LogP contribution >= 0.6 is 0 Å². The van der Waals surface area contributed by atoms with Gasteiger partial charge in [0.25, 0.3) is 0 Å². The highest BCUT2D eigenvalue weighted by atomic mass is 16.4.